The lowest BCUT2D eigenvalue weighted by atomic mass is 9.90. The molecule has 0 bridgehead atoms. The van der Waals surface area contributed by atoms with Crippen LogP contribution in [0.3, 0.4) is 0 Å². The van der Waals surface area contributed by atoms with Crippen LogP contribution in [0.25, 0.3) is 0 Å². The van der Waals surface area contributed by atoms with Crippen molar-refractivity contribution in [3.05, 3.63) is 56.8 Å². The fourth-order valence-electron chi connectivity index (χ4n) is 4.77. The minimum atomic E-state index is -0.0856. The number of halogens is 2. The van der Waals surface area contributed by atoms with Gasteiger partial charge in [-0.2, -0.15) is 0 Å². The molecule has 0 N–H and O–H groups in total. The van der Waals surface area contributed by atoms with Crippen LogP contribution in [0.2, 0.25) is 5.02 Å². The van der Waals surface area contributed by atoms with E-state index in [1.807, 2.05) is 18.2 Å². The molecular formula is C22H26BrClN2O2. The van der Waals surface area contributed by atoms with Crippen molar-refractivity contribution in [2.45, 2.75) is 63.8 Å². The summed E-state index contributed by atoms with van der Waals surface area (Å²) in [7, 11) is 1.78. The lowest BCUT2D eigenvalue weighted by Gasteiger charge is -2.38. The third-order valence-electron chi connectivity index (χ3n) is 6.10. The largest absolute Gasteiger partial charge is 0.381 e. The molecule has 1 amide bonds. The van der Waals surface area contributed by atoms with Crippen molar-refractivity contribution in [3.63, 3.8) is 0 Å². The number of ether oxygens (including phenoxy) is 1. The Morgan fingerprint density at radius 1 is 1.14 bits per heavy atom. The van der Waals surface area contributed by atoms with E-state index in [4.69, 9.17) is 16.3 Å². The first-order chi connectivity index (χ1) is 13.4. The van der Waals surface area contributed by atoms with Gasteiger partial charge in [0.05, 0.1) is 28.0 Å². The molecule has 4 rings (SSSR count). The van der Waals surface area contributed by atoms with Crippen molar-refractivity contribution < 1.29 is 9.53 Å². The highest BCUT2D eigenvalue weighted by molar-refractivity contribution is 9.10. The number of benzene rings is 1. The summed E-state index contributed by atoms with van der Waals surface area (Å²) in [5.74, 6) is 0.135. The molecule has 0 radical (unpaired) electrons. The second-order valence-corrected chi connectivity index (χ2v) is 9.31. The van der Waals surface area contributed by atoms with Crippen LogP contribution < -0.4 is 0 Å². The van der Waals surface area contributed by atoms with Crippen LogP contribution in [0.15, 0.2) is 34.9 Å². The first-order valence-electron chi connectivity index (χ1n) is 9.94. The number of aromatic nitrogens is 1. The van der Waals surface area contributed by atoms with Gasteiger partial charge in [0.1, 0.15) is 0 Å². The van der Waals surface area contributed by atoms with Crippen molar-refractivity contribution >= 4 is 33.4 Å². The lowest BCUT2D eigenvalue weighted by Crippen LogP contribution is -2.42. The normalized spacial score (nSPS) is 24.9. The highest BCUT2D eigenvalue weighted by Crippen LogP contribution is 2.46. The number of methoxy groups -OCH3 is 1. The van der Waals surface area contributed by atoms with Gasteiger partial charge in [0.2, 0.25) is 0 Å². The fraction of sp³-hybridized carbons (Fsp3) is 0.500. The maximum absolute atomic E-state index is 13.5. The van der Waals surface area contributed by atoms with E-state index < -0.39 is 0 Å². The van der Waals surface area contributed by atoms with Crippen molar-refractivity contribution in [1.29, 1.82) is 0 Å². The monoisotopic (exact) mass is 464 g/mol. The maximum Gasteiger partial charge on any atom is 0.256 e. The number of carbonyl (C=O) groups is 1. The summed E-state index contributed by atoms with van der Waals surface area (Å²) in [5, 5.41) is 0.709. The minimum Gasteiger partial charge on any atom is -0.381 e. The zero-order valence-corrected chi connectivity index (χ0v) is 18.8. The van der Waals surface area contributed by atoms with Gasteiger partial charge in [-0.25, -0.2) is 0 Å². The molecule has 28 heavy (non-hydrogen) atoms. The Kier molecular flexibility index (Phi) is 5.60. The van der Waals surface area contributed by atoms with E-state index in [0.29, 0.717) is 11.1 Å². The molecule has 4 nitrogen and oxygen atoms in total. The Labute approximate surface area is 179 Å². The first kappa shape index (κ1) is 20.0. The van der Waals surface area contributed by atoms with E-state index in [1.54, 1.807) is 7.11 Å². The van der Waals surface area contributed by atoms with E-state index in [0.717, 1.165) is 47.1 Å². The molecule has 0 spiro atoms. The van der Waals surface area contributed by atoms with Crippen molar-refractivity contribution in [1.82, 2.24) is 9.47 Å². The number of fused-ring (bicyclic) bond motifs is 1. The zero-order valence-electron chi connectivity index (χ0n) is 16.5. The number of hydrogen-bond donors (Lipinski definition) is 0. The third-order valence-corrected chi connectivity index (χ3v) is 6.97. The highest BCUT2D eigenvalue weighted by atomic mass is 79.9. The van der Waals surface area contributed by atoms with Gasteiger partial charge in [0.15, 0.2) is 0 Å². The summed E-state index contributed by atoms with van der Waals surface area (Å²) in [4.78, 5) is 15.6. The summed E-state index contributed by atoms with van der Waals surface area (Å²) >= 11 is 9.81. The summed E-state index contributed by atoms with van der Waals surface area (Å²) in [6.45, 7) is 4.31. The lowest BCUT2D eigenvalue weighted by molar-refractivity contribution is 0.0294. The molecule has 1 aromatic carbocycles. The summed E-state index contributed by atoms with van der Waals surface area (Å²) in [6.07, 6.45) is 4.25. The highest BCUT2D eigenvalue weighted by Gasteiger charge is 2.45. The van der Waals surface area contributed by atoms with E-state index in [2.05, 4.69) is 51.4 Å². The Bertz CT molecular complexity index is 869. The number of hydrogen-bond acceptors (Lipinski definition) is 2. The molecule has 150 valence electrons. The Morgan fingerprint density at radius 3 is 2.36 bits per heavy atom. The zero-order chi connectivity index (χ0) is 20.0. The number of nitrogens with zero attached hydrogens (tertiary/aromatic N) is 2. The van der Waals surface area contributed by atoms with Crippen LogP contribution in [0.4, 0.5) is 0 Å². The van der Waals surface area contributed by atoms with E-state index in [9.17, 15) is 4.79 Å². The molecule has 1 atom stereocenters. The molecule has 2 aromatic rings. The molecule has 2 heterocycles. The van der Waals surface area contributed by atoms with Crippen molar-refractivity contribution in [3.8, 4) is 0 Å². The van der Waals surface area contributed by atoms with Crippen LogP contribution in [0.5, 0.6) is 0 Å². The van der Waals surface area contributed by atoms with Gasteiger partial charge < -0.3 is 14.2 Å². The second kappa shape index (κ2) is 7.85. The number of rotatable bonds is 4. The molecule has 1 aromatic heterocycles. The molecule has 1 aliphatic heterocycles. The SMILES string of the molecule is CO[C@H]1CC[C@H](N2C(=O)c3cc(Br)n(C(C)C)c3[C@@H]2c2ccc(Cl)cc2)CC1. The topological polar surface area (TPSA) is 34.5 Å². The average molecular weight is 466 g/mol. The van der Waals surface area contributed by atoms with Gasteiger partial charge in [-0.15, -0.1) is 0 Å². The van der Waals surface area contributed by atoms with E-state index in [-0.39, 0.29) is 24.0 Å². The molecule has 2 aliphatic rings. The predicted octanol–water partition coefficient (Wildman–Crippen LogP) is 5.99. The van der Waals surface area contributed by atoms with Gasteiger partial charge in [0.25, 0.3) is 5.91 Å². The molecule has 1 fully saturated rings. The van der Waals surface area contributed by atoms with Crippen LogP contribution in [-0.4, -0.2) is 34.6 Å². The Balaban J connectivity index is 1.79. The fourth-order valence-corrected chi connectivity index (χ4v) is 5.73. The van der Waals surface area contributed by atoms with E-state index in [1.165, 1.54) is 0 Å². The van der Waals surface area contributed by atoms with Crippen LogP contribution in [-0.2, 0) is 4.74 Å². The van der Waals surface area contributed by atoms with Crippen LogP contribution >= 0.6 is 27.5 Å². The molecule has 0 unspecified atom stereocenters. The molecular weight excluding hydrogens is 440 g/mol. The Hall–Kier alpha value is -1.30. The molecule has 1 aliphatic carbocycles. The smallest absolute Gasteiger partial charge is 0.256 e. The van der Waals surface area contributed by atoms with Crippen molar-refractivity contribution in [2.24, 2.45) is 0 Å². The van der Waals surface area contributed by atoms with Gasteiger partial charge in [0, 0.05) is 24.2 Å². The molecule has 0 saturated heterocycles. The van der Waals surface area contributed by atoms with Gasteiger partial charge in [-0.05, 0) is 79.2 Å². The quantitative estimate of drug-likeness (QED) is 0.556. The second-order valence-electron chi connectivity index (χ2n) is 8.06. The standard InChI is InChI=1S/C22H26BrClN2O2/c1-13(2)25-19(23)12-18-21(25)20(14-4-6-15(24)7-5-14)26(22(18)27)16-8-10-17(28-3)11-9-16/h4-7,12-13,16-17,20H,8-11H2,1-3H3/t16-,17-,20-/m0/s1. The maximum atomic E-state index is 13.5. The minimum absolute atomic E-state index is 0.0856. The Morgan fingerprint density at radius 2 is 1.79 bits per heavy atom. The number of amides is 1. The average Bonchev–Trinajstić information content (AvgIpc) is 3.16. The summed E-state index contributed by atoms with van der Waals surface area (Å²) in [6, 6.07) is 10.3. The first-order valence-corrected chi connectivity index (χ1v) is 11.1. The van der Waals surface area contributed by atoms with E-state index >= 15 is 0 Å². The third kappa shape index (κ3) is 3.31. The van der Waals surface area contributed by atoms with Gasteiger partial charge in [-0.3, -0.25) is 4.79 Å². The van der Waals surface area contributed by atoms with Crippen LogP contribution in [0, 0.1) is 0 Å². The predicted molar refractivity (Wildman–Crippen MR) is 115 cm³/mol. The summed E-state index contributed by atoms with van der Waals surface area (Å²) < 4.78 is 8.74. The van der Waals surface area contributed by atoms with Crippen LogP contribution in [0.1, 0.15) is 73.2 Å². The molecule has 6 heteroatoms. The van der Waals surface area contributed by atoms with Crippen molar-refractivity contribution in [2.75, 3.05) is 7.11 Å². The molecule has 1 saturated carbocycles. The number of carbonyl (C=O) groups excluding carboxylic acids is 1. The van der Waals surface area contributed by atoms with Gasteiger partial charge >= 0.3 is 0 Å². The van der Waals surface area contributed by atoms with Gasteiger partial charge in [-0.1, -0.05) is 23.7 Å². The summed E-state index contributed by atoms with van der Waals surface area (Å²) in [5.41, 5.74) is 3.01.